The van der Waals surface area contributed by atoms with Crippen LogP contribution >= 0.6 is 0 Å². The van der Waals surface area contributed by atoms with Crippen molar-refractivity contribution < 1.29 is 24.9 Å². The molecule has 2 fully saturated rings. The SMILES string of the molecule is CC1(C(O)CCC[C@H]2[C@H](O)CC(=O)[C@@H]2C/C=C\CCCC(=O)O)CCC1. The number of aliphatic hydroxyl groups is 2. The summed E-state index contributed by atoms with van der Waals surface area (Å²) in [5.41, 5.74) is 0.0716. The highest BCUT2D eigenvalue weighted by Gasteiger charge is 2.41. The highest BCUT2D eigenvalue weighted by atomic mass is 16.4. The molecule has 2 aliphatic rings. The minimum absolute atomic E-state index is 0.0208. The molecular weight excluding hydrogens is 332 g/mol. The lowest BCUT2D eigenvalue weighted by Gasteiger charge is -2.42. The van der Waals surface area contributed by atoms with Crippen molar-refractivity contribution in [3.05, 3.63) is 12.2 Å². The summed E-state index contributed by atoms with van der Waals surface area (Å²) in [5.74, 6) is -0.820. The quantitative estimate of drug-likeness (QED) is 0.384. The van der Waals surface area contributed by atoms with Crippen LogP contribution in [0.4, 0.5) is 0 Å². The fourth-order valence-electron chi connectivity index (χ4n) is 4.41. The molecule has 0 saturated heterocycles. The third kappa shape index (κ3) is 5.65. The van der Waals surface area contributed by atoms with E-state index in [1.165, 1.54) is 6.42 Å². The van der Waals surface area contributed by atoms with Gasteiger partial charge in [-0.15, -0.1) is 0 Å². The van der Waals surface area contributed by atoms with Crippen LogP contribution in [0.5, 0.6) is 0 Å². The van der Waals surface area contributed by atoms with Gasteiger partial charge in [0.2, 0.25) is 0 Å². The summed E-state index contributed by atoms with van der Waals surface area (Å²) in [7, 11) is 0. The van der Waals surface area contributed by atoms with Gasteiger partial charge in [-0.3, -0.25) is 9.59 Å². The van der Waals surface area contributed by atoms with Crippen LogP contribution in [-0.2, 0) is 9.59 Å². The number of rotatable bonds is 11. The summed E-state index contributed by atoms with van der Waals surface area (Å²) in [4.78, 5) is 22.7. The zero-order chi connectivity index (χ0) is 19.2. The smallest absolute Gasteiger partial charge is 0.303 e. The zero-order valence-electron chi connectivity index (χ0n) is 15.9. The molecule has 0 aromatic rings. The molecule has 2 aliphatic carbocycles. The van der Waals surface area contributed by atoms with Crippen LogP contribution in [-0.4, -0.2) is 39.3 Å². The molecule has 5 heteroatoms. The molecule has 1 unspecified atom stereocenters. The van der Waals surface area contributed by atoms with Gasteiger partial charge >= 0.3 is 5.97 Å². The van der Waals surface area contributed by atoms with Gasteiger partial charge in [-0.05, 0) is 56.3 Å². The minimum Gasteiger partial charge on any atom is -0.481 e. The number of carboxylic acids is 1. The van der Waals surface area contributed by atoms with E-state index in [1.54, 1.807) is 0 Å². The normalized spacial score (nSPS) is 29.0. The highest BCUT2D eigenvalue weighted by Crippen LogP contribution is 2.45. The van der Waals surface area contributed by atoms with Gasteiger partial charge in [0, 0.05) is 18.8 Å². The number of carboxylic acid groups (broad SMARTS) is 1. The van der Waals surface area contributed by atoms with Crippen LogP contribution in [0.2, 0.25) is 0 Å². The van der Waals surface area contributed by atoms with Crippen LogP contribution in [0.25, 0.3) is 0 Å². The molecular formula is C21H34O5. The Labute approximate surface area is 156 Å². The monoisotopic (exact) mass is 366 g/mol. The Bertz CT molecular complexity index is 509. The second-order valence-corrected chi connectivity index (χ2v) is 8.46. The number of ketones is 1. The Morgan fingerprint density at radius 1 is 1.31 bits per heavy atom. The Morgan fingerprint density at radius 2 is 2.04 bits per heavy atom. The van der Waals surface area contributed by atoms with Crippen LogP contribution in [0, 0.1) is 17.3 Å². The maximum Gasteiger partial charge on any atom is 0.303 e. The van der Waals surface area contributed by atoms with E-state index >= 15 is 0 Å². The Morgan fingerprint density at radius 3 is 2.65 bits per heavy atom. The van der Waals surface area contributed by atoms with Crippen LogP contribution in [0.1, 0.15) is 77.6 Å². The average Bonchev–Trinajstić information content (AvgIpc) is 2.81. The second-order valence-electron chi connectivity index (χ2n) is 8.46. The average molecular weight is 366 g/mol. The predicted octanol–water partition coefficient (Wildman–Crippen LogP) is 3.48. The number of carbonyl (C=O) groups excluding carboxylic acids is 1. The number of Topliss-reactive ketones (excluding diaryl/α,β-unsaturated/α-hetero) is 1. The van der Waals surface area contributed by atoms with Crippen molar-refractivity contribution in [3.8, 4) is 0 Å². The first kappa shape index (κ1) is 21.1. The molecule has 0 radical (unpaired) electrons. The van der Waals surface area contributed by atoms with E-state index in [1.807, 2.05) is 12.2 Å². The van der Waals surface area contributed by atoms with E-state index in [2.05, 4.69) is 6.92 Å². The first-order valence-corrected chi connectivity index (χ1v) is 10.1. The Hall–Kier alpha value is -1.20. The number of carbonyl (C=O) groups is 2. The van der Waals surface area contributed by atoms with Gasteiger partial charge in [0.15, 0.2) is 0 Å². The summed E-state index contributed by atoms with van der Waals surface area (Å²) < 4.78 is 0. The Balaban J connectivity index is 1.74. The second kappa shape index (κ2) is 9.65. The van der Waals surface area contributed by atoms with Crippen molar-refractivity contribution in [1.29, 1.82) is 0 Å². The molecule has 2 rings (SSSR count). The van der Waals surface area contributed by atoms with Gasteiger partial charge in [0.25, 0.3) is 0 Å². The van der Waals surface area contributed by atoms with Gasteiger partial charge in [0.1, 0.15) is 5.78 Å². The van der Waals surface area contributed by atoms with Crippen LogP contribution in [0.15, 0.2) is 12.2 Å². The molecule has 0 bridgehead atoms. The number of aliphatic carboxylic acids is 1. The molecule has 4 atom stereocenters. The number of hydrogen-bond donors (Lipinski definition) is 3. The largest absolute Gasteiger partial charge is 0.481 e. The minimum atomic E-state index is -0.787. The fourth-order valence-corrected chi connectivity index (χ4v) is 4.41. The fraction of sp³-hybridized carbons (Fsp3) is 0.810. The topological polar surface area (TPSA) is 94.8 Å². The molecule has 3 N–H and O–H groups in total. The van der Waals surface area contributed by atoms with Crippen molar-refractivity contribution in [2.45, 2.75) is 89.8 Å². The summed E-state index contributed by atoms with van der Waals surface area (Å²) in [5, 5.41) is 29.2. The molecule has 0 aromatic carbocycles. The first-order valence-electron chi connectivity index (χ1n) is 10.1. The van der Waals surface area contributed by atoms with Crippen molar-refractivity contribution in [2.75, 3.05) is 0 Å². The lowest BCUT2D eigenvalue weighted by Crippen LogP contribution is -2.38. The van der Waals surface area contributed by atoms with Crippen LogP contribution in [0.3, 0.4) is 0 Å². The molecule has 0 heterocycles. The predicted molar refractivity (Wildman–Crippen MR) is 99.7 cm³/mol. The van der Waals surface area contributed by atoms with E-state index in [0.29, 0.717) is 19.3 Å². The molecule has 0 aliphatic heterocycles. The number of hydrogen-bond acceptors (Lipinski definition) is 4. The van der Waals surface area contributed by atoms with Gasteiger partial charge in [-0.2, -0.15) is 0 Å². The van der Waals surface area contributed by atoms with Gasteiger partial charge in [0.05, 0.1) is 12.2 Å². The van der Waals surface area contributed by atoms with E-state index in [4.69, 9.17) is 5.11 Å². The lowest BCUT2D eigenvalue weighted by molar-refractivity contribution is -0.137. The third-order valence-electron chi connectivity index (χ3n) is 6.47. The summed E-state index contributed by atoms with van der Waals surface area (Å²) in [6.07, 6.45) is 11.1. The molecule has 148 valence electrons. The van der Waals surface area contributed by atoms with E-state index in [-0.39, 0.29) is 42.0 Å². The lowest BCUT2D eigenvalue weighted by atomic mass is 9.65. The van der Waals surface area contributed by atoms with Gasteiger partial charge < -0.3 is 15.3 Å². The van der Waals surface area contributed by atoms with Crippen LogP contribution < -0.4 is 0 Å². The summed E-state index contributed by atoms with van der Waals surface area (Å²) >= 11 is 0. The molecule has 0 amide bonds. The van der Waals surface area contributed by atoms with Gasteiger partial charge in [-0.1, -0.05) is 31.9 Å². The zero-order valence-corrected chi connectivity index (χ0v) is 15.9. The van der Waals surface area contributed by atoms with Crippen molar-refractivity contribution in [3.63, 3.8) is 0 Å². The standard InChI is InChI=1S/C21H34O5/c1-21(12-7-13-21)19(24)10-6-9-16-15(17(22)14-18(16)23)8-4-2-3-5-11-20(25)26/h2,4,15-16,18-19,23-24H,3,5-14H2,1H3,(H,25,26)/b4-2-/t15-,16-,18-,19?/m1/s1. The van der Waals surface area contributed by atoms with Gasteiger partial charge in [-0.25, -0.2) is 0 Å². The molecule has 0 aromatic heterocycles. The molecule has 0 spiro atoms. The summed E-state index contributed by atoms with van der Waals surface area (Å²) in [6, 6.07) is 0. The third-order valence-corrected chi connectivity index (χ3v) is 6.47. The highest BCUT2D eigenvalue weighted by molar-refractivity contribution is 5.84. The van der Waals surface area contributed by atoms with Crippen molar-refractivity contribution in [2.24, 2.45) is 17.3 Å². The Kier molecular flexibility index (Phi) is 7.84. The molecule has 2 saturated carbocycles. The number of allylic oxidation sites excluding steroid dienone is 2. The summed E-state index contributed by atoms with van der Waals surface area (Å²) in [6.45, 7) is 2.15. The van der Waals surface area contributed by atoms with E-state index in [0.717, 1.165) is 32.1 Å². The van der Waals surface area contributed by atoms with E-state index in [9.17, 15) is 19.8 Å². The maximum absolute atomic E-state index is 12.2. The number of unbranched alkanes of at least 4 members (excludes halogenated alkanes) is 1. The first-order chi connectivity index (χ1) is 12.3. The maximum atomic E-state index is 12.2. The number of aliphatic hydroxyl groups excluding tert-OH is 2. The van der Waals surface area contributed by atoms with E-state index < -0.39 is 12.1 Å². The van der Waals surface area contributed by atoms with Crippen molar-refractivity contribution >= 4 is 11.8 Å². The van der Waals surface area contributed by atoms with Crippen molar-refractivity contribution in [1.82, 2.24) is 0 Å². The molecule has 26 heavy (non-hydrogen) atoms. The molecule has 5 nitrogen and oxygen atoms in total.